The standard InChI is InChI=1S/C14H17NO2.ClH/c1-2-17-14(16)7-6-11-4-3-5-12-10-15-9-8-13(11)12;/h3-7,15H,2,8-10H2,1H3;1H/b7-6+;. The SMILES string of the molecule is CCOC(=O)/C=C/c1cccc2c1CCNC2.Cl. The van der Waals surface area contributed by atoms with Crippen molar-refractivity contribution in [2.24, 2.45) is 0 Å². The molecule has 1 aliphatic heterocycles. The summed E-state index contributed by atoms with van der Waals surface area (Å²) in [5, 5.41) is 3.34. The van der Waals surface area contributed by atoms with Gasteiger partial charge < -0.3 is 10.1 Å². The van der Waals surface area contributed by atoms with Gasteiger partial charge in [0.25, 0.3) is 0 Å². The maximum atomic E-state index is 11.3. The van der Waals surface area contributed by atoms with Crippen LogP contribution >= 0.6 is 12.4 Å². The van der Waals surface area contributed by atoms with Crippen molar-refractivity contribution in [2.75, 3.05) is 13.2 Å². The van der Waals surface area contributed by atoms with Gasteiger partial charge in [-0.3, -0.25) is 0 Å². The number of carbonyl (C=O) groups is 1. The second kappa shape index (κ2) is 7.19. The molecule has 0 unspecified atom stereocenters. The minimum atomic E-state index is -0.279. The topological polar surface area (TPSA) is 38.3 Å². The molecule has 0 spiro atoms. The number of benzene rings is 1. The molecular formula is C14H18ClNO2. The quantitative estimate of drug-likeness (QED) is 0.675. The van der Waals surface area contributed by atoms with E-state index in [-0.39, 0.29) is 18.4 Å². The first kappa shape index (κ1) is 14.7. The number of carbonyl (C=O) groups excluding carboxylic acids is 1. The molecule has 1 aromatic carbocycles. The van der Waals surface area contributed by atoms with E-state index in [1.807, 2.05) is 25.1 Å². The molecule has 1 aromatic rings. The zero-order valence-corrected chi connectivity index (χ0v) is 11.3. The Morgan fingerprint density at radius 1 is 1.50 bits per heavy atom. The van der Waals surface area contributed by atoms with Crippen molar-refractivity contribution in [3.05, 3.63) is 41.0 Å². The summed E-state index contributed by atoms with van der Waals surface area (Å²) in [4.78, 5) is 11.3. The monoisotopic (exact) mass is 267 g/mol. The Hall–Kier alpha value is -1.32. The van der Waals surface area contributed by atoms with Gasteiger partial charge >= 0.3 is 5.97 Å². The normalized spacial score (nSPS) is 13.8. The summed E-state index contributed by atoms with van der Waals surface area (Å²) in [5.41, 5.74) is 3.78. The Kier molecular flexibility index (Phi) is 5.89. The highest BCUT2D eigenvalue weighted by Gasteiger charge is 2.10. The largest absolute Gasteiger partial charge is 0.463 e. The fourth-order valence-electron chi connectivity index (χ4n) is 2.07. The molecular weight excluding hydrogens is 250 g/mol. The predicted molar refractivity (Wildman–Crippen MR) is 74.8 cm³/mol. The van der Waals surface area contributed by atoms with Crippen LogP contribution in [0.1, 0.15) is 23.6 Å². The Bertz CT molecular complexity index is 443. The zero-order chi connectivity index (χ0) is 12.1. The molecule has 0 radical (unpaired) electrons. The maximum Gasteiger partial charge on any atom is 0.330 e. The third kappa shape index (κ3) is 3.59. The third-order valence-corrected chi connectivity index (χ3v) is 2.86. The van der Waals surface area contributed by atoms with Crippen LogP contribution in [0.2, 0.25) is 0 Å². The summed E-state index contributed by atoms with van der Waals surface area (Å²) in [7, 11) is 0. The van der Waals surface area contributed by atoms with Gasteiger partial charge in [0, 0.05) is 12.6 Å². The molecule has 0 amide bonds. The molecule has 0 saturated carbocycles. The Morgan fingerprint density at radius 3 is 3.11 bits per heavy atom. The number of hydrogen-bond donors (Lipinski definition) is 1. The van der Waals surface area contributed by atoms with Crippen LogP contribution in [-0.4, -0.2) is 19.1 Å². The van der Waals surface area contributed by atoms with Gasteiger partial charge in [-0.05, 0) is 42.7 Å². The van der Waals surface area contributed by atoms with Crippen molar-refractivity contribution in [3.63, 3.8) is 0 Å². The van der Waals surface area contributed by atoms with Crippen LogP contribution in [0.15, 0.2) is 24.3 Å². The van der Waals surface area contributed by atoms with E-state index in [4.69, 9.17) is 4.74 Å². The molecule has 0 saturated heterocycles. The van der Waals surface area contributed by atoms with Gasteiger partial charge in [-0.15, -0.1) is 12.4 Å². The first-order valence-corrected chi connectivity index (χ1v) is 5.97. The first-order chi connectivity index (χ1) is 8.31. The lowest BCUT2D eigenvalue weighted by Crippen LogP contribution is -2.24. The average Bonchev–Trinajstić information content (AvgIpc) is 2.36. The van der Waals surface area contributed by atoms with Crippen LogP contribution in [-0.2, 0) is 22.5 Å². The molecule has 1 N–H and O–H groups in total. The van der Waals surface area contributed by atoms with E-state index in [1.165, 1.54) is 17.2 Å². The van der Waals surface area contributed by atoms with Gasteiger partial charge in [0.15, 0.2) is 0 Å². The molecule has 0 atom stereocenters. The molecule has 3 nitrogen and oxygen atoms in total. The maximum absolute atomic E-state index is 11.3. The molecule has 0 bridgehead atoms. The number of fused-ring (bicyclic) bond motifs is 1. The van der Waals surface area contributed by atoms with Crippen LogP contribution in [0.4, 0.5) is 0 Å². The van der Waals surface area contributed by atoms with Gasteiger partial charge in [0.1, 0.15) is 0 Å². The summed E-state index contributed by atoms with van der Waals surface area (Å²) in [6.07, 6.45) is 4.36. The van der Waals surface area contributed by atoms with Crippen LogP contribution in [0.5, 0.6) is 0 Å². The van der Waals surface area contributed by atoms with Crippen LogP contribution in [0.3, 0.4) is 0 Å². The van der Waals surface area contributed by atoms with Crippen LogP contribution < -0.4 is 5.32 Å². The Labute approximate surface area is 114 Å². The van der Waals surface area contributed by atoms with Crippen LogP contribution in [0.25, 0.3) is 6.08 Å². The molecule has 0 fully saturated rings. The fourth-order valence-corrected chi connectivity index (χ4v) is 2.07. The number of nitrogens with one attached hydrogen (secondary N) is 1. The minimum Gasteiger partial charge on any atom is -0.463 e. The summed E-state index contributed by atoms with van der Waals surface area (Å²) in [6, 6.07) is 6.19. The summed E-state index contributed by atoms with van der Waals surface area (Å²) in [6.45, 7) is 4.13. The van der Waals surface area contributed by atoms with E-state index in [0.29, 0.717) is 6.61 Å². The van der Waals surface area contributed by atoms with Gasteiger partial charge in [-0.25, -0.2) is 4.79 Å². The lowest BCUT2D eigenvalue weighted by molar-refractivity contribution is -0.137. The van der Waals surface area contributed by atoms with Crippen molar-refractivity contribution < 1.29 is 9.53 Å². The lowest BCUT2D eigenvalue weighted by Gasteiger charge is -2.18. The van der Waals surface area contributed by atoms with Gasteiger partial charge in [0.05, 0.1) is 6.61 Å². The molecule has 1 heterocycles. The molecule has 0 aromatic heterocycles. The lowest BCUT2D eigenvalue weighted by atomic mass is 9.95. The van der Waals surface area contributed by atoms with Crippen molar-refractivity contribution >= 4 is 24.5 Å². The van der Waals surface area contributed by atoms with E-state index in [9.17, 15) is 4.79 Å². The van der Waals surface area contributed by atoms with Crippen molar-refractivity contribution in [2.45, 2.75) is 19.9 Å². The molecule has 4 heteroatoms. The zero-order valence-electron chi connectivity index (χ0n) is 10.4. The fraction of sp³-hybridized carbons (Fsp3) is 0.357. The second-order valence-electron chi connectivity index (χ2n) is 4.00. The summed E-state index contributed by atoms with van der Waals surface area (Å²) in [5.74, 6) is -0.279. The van der Waals surface area contributed by atoms with Crippen molar-refractivity contribution in [1.82, 2.24) is 5.32 Å². The smallest absolute Gasteiger partial charge is 0.330 e. The van der Waals surface area contributed by atoms with Crippen molar-refractivity contribution in [1.29, 1.82) is 0 Å². The van der Waals surface area contributed by atoms with E-state index in [0.717, 1.165) is 25.1 Å². The highest BCUT2D eigenvalue weighted by Crippen LogP contribution is 2.19. The molecule has 1 aliphatic rings. The highest BCUT2D eigenvalue weighted by atomic mass is 35.5. The molecule has 0 aliphatic carbocycles. The number of esters is 1. The van der Waals surface area contributed by atoms with E-state index in [2.05, 4.69) is 11.4 Å². The molecule has 2 rings (SSSR count). The second-order valence-corrected chi connectivity index (χ2v) is 4.00. The predicted octanol–water partition coefficient (Wildman–Crippen LogP) is 2.33. The minimum absolute atomic E-state index is 0. The van der Waals surface area contributed by atoms with Gasteiger partial charge in [-0.2, -0.15) is 0 Å². The summed E-state index contributed by atoms with van der Waals surface area (Å²) < 4.78 is 4.87. The number of rotatable bonds is 3. The van der Waals surface area contributed by atoms with Gasteiger partial charge in [-0.1, -0.05) is 18.2 Å². The first-order valence-electron chi connectivity index (χ1n) is 5.97. The van der Waals surface area contributed by atoms with E-state index >= 15 is 0 Å². The number of halogens is 1. The number of ether oxygens (including phenoxy) is 1. The van der Waals surface area contributed by atoms with E-state index in [1.54, 1.807) is 0 Å². The van der Waals surface area contributed by atoms with Gasteiger partial charge in [0.2, 0.25) is 0 Å². The molecule has 98 valence electrons. The van der Waals surface area contributed by atoms with Crippen molar-refractivity contribution in [3.8, 4) is 0 Å². The van der Waals surface area contributed by atoms with Crippen LogP contribution in [0, 0.1) is 0 Å². The average molecular weight is 268 g/mol. The third-order valence-electron chi connectivity index (χ3n) is 2.86. The summed E-state index contributed by atoms with van der Waals surface area (Å²) >= 11 is 0. The number of hydrogen-bond acceptors (Lipinski definition) is 3. The highest BCUT2D eigenvalue weighted by molar-refractivity contribution is 5.87. The van der Waals surface area contributed by atoms with E-state index < -0.39 is 0 Å². The molecule has 18 heavy (non-hydrogen) atoms. The Balaban J connectivity index is 0.00000162. The Morgan fingerprint density at radius 2 is 2.33 bits per heavy atom.